The van der Waals surface area contributed by atoms with Crippen molar-refractivity contribution in [1.29, 1.82) is 0 Å². The van der Waals surface area contributed by atoms with E-state index >= 15 is 0 Å². The van der Waals surface area contributed by atoms with Gasteiger partial charge in [-0.3, -0.25) is 4.79 Å². The van der Waals surface area contributed by atoms with Crippen molar-refractivity contribution in [1.82, 2.24) is 14.8 Å². The number of hydrogen-bond acceptors (Lipinski definition) is 5. The number of ether oxygens (including phenoxy) is 1. The van der Waals surface area contributed by atoms with E-state index in [0.29, 0.717) is 29.8 Å². The Balaban J connectivity index is 1.91. The van der Waals surface area contributed by atoms with Crippen LogP contribution in [0.1, 0.15) is 17.8 Å². The molecule has 2 aromatic rings. The summed E-state index contributed by atoms with van der Waals surface area (Å²) in [5.74, 6) is 1.46. The molecule has 0 fully saturated rings. The molecule has 0 radical (unpaired) electrons. The van der Waals surface area contributed by atoms with Crippen molar-refractivity contribution in [2.75, 3.05) is 12.4 Å². The first-order chi connectivity index (χ1) is 12.0. The van der Waals surface area contributed by atoms with Crippen molar-refractivity contribution >= 4 is 29.3 Å². The van der Waals surface area contributed by atoms with Gasteiger partial charge < -0.3 is 15.0 Å². The van der Waals surface area contributed by atoms with E-state index < -0.39 is 0 Å². The topological polar surface area (TPSA) is 83.0 Å². The molecule has 1 aromatic carbocycles. The normalized spacial score (nSPS) is 10.6. The van der Waals surface area contributed by atoms with Crippen LogP contribution in [0.2, 0.25) is 5.02 Å². The number of amides is 1. The monoisotopic (exact) mass is 380 g/mol. The minimum absolute atomic E-state index is 0.175. The largest absolute Gasteiger partial charge is 0.493 e. The van der Waals surface area contributed by atoms with Gasteiger partial charge in [0.05, 0.1) is 12.4 Å². The number of aromatic nitrogens is 3. The standard InChI is InChI=1S/C17H21ClN4O2S/c1-3-8-22-16(20-21-17(22)25-11-15(19)23)5-4-9-24-14-7-6-13(18)10-12(14)2/h3,6-7,10H,1,4-5,8-9,11H2,2H3,(H2,19,23). The fourth-order valence-corrected chi connectivity index (χ4v) is 3.18. The summed E-state index contributed by atoms with van der Waals surface area (Å²) >= 11 is 7.22. The maximum Gasteiger partial charge on any atom is 0.227 e. The third-order valence-corrected chi connectivity index (χ3v) is 4.61. The highest BCUT2D eigenvalue weighted by atomic mass is 35.5. The lowest BCUT2D eigenvalue weighted by Gasteiger charge is -2.10. The van der Waals surface area contributed by atoms with Crippen LogP contribution in [0.3, 0.4) is 0 Å². The number of halogens is 1. The first-order valence-corrected chi connectivity index (χ1v) is 9.20. The number of carbonyl (C=O) groups is 1. The van der Waals surface area contributed by atoms with E-state index in [4.69, 9.17) is 22.1 Å². The Morgan fingerprint density at radius 3 is 2.96 bits per heavy atom. The number of thioether (sulfide) groups is 1. The molecule has 0 saturated carbocycles. The maximum atomic E-state index is 10.9. The molecule has 8 heteroatoms. The van der Waals surface area contributed by atoms with E-state index in [2.05, 4.69) is 16.8 Å². The van der Waals surface area contributed by atoms with Crippen molar-refractivity contribution in [2.24, 2.45) is 5.73 Å². The molecule has 0 atom stereocenters. The summed E-state index contributed by atoms with van der Waals surface area (Å²) in [5.41, 5.74) is 6.19. The van der Waals surface area contributed by atoms with Gasteiger partial charge in [0.25, 0.3) is 0 Å². The van der Waals surface area contributed by atoms with E-state index in [0.717, 1.165) is 23.6 Å². The first kappa shape index (κ1) is 19.3. The fraction of sp³-hybridized carbons (Fsp3) is 0.353. The number of carbonyl (C=O) groups excluding carboxylic acids is 1. The van der Waals surface area contributed by atoms with Crippen LogP contribution in [0.5, 0.6) is 5.75 Å². The molecule has 134 valence electrons. The van der Waals surface area contributed by atoms with Gasteiger partial charge in [0.1, 0.15) is 11.6 Å². The SMILES string of the molecule is C=CCn1c(CCCOc2ccc(Cl)cc2C)nnc1SCC(N)=O. The van der Waals surface area contributed by atoms with Crippen molar-refractivity contribution in [3.63, 3.8) is 0 Å². The highest BCUT2D eigenvalue weighted by molar-refractivity contribution is 7.99. The van der Waals surface area contributed by atoms with Crippen molar-refractivity contribution in [3.05, 3.63) is 47.3 Å². The average Bonchev–Trinajstić information content (AvgIpc) is 2.94. The smallest absolute Gasteiger partial charge is 0.227 e. The zero-order valence-electron chi connectivity index (χ0n) is 14.1. The van der Waals surface area contributed by atoms with Crippen LogP contribution in [0.25, 0.3) is 0 Å². The summed E-state index contributed by atoms with van der Waals surface area (Å²) in [6.07, 6.45) is 3.27. The van der Waals surface area contributed by atoms with Gasteiger partial charge in [-0.1, -0.05) is 29.4 Å². The molecule has 0 aliphatic carbocycles. The van der Waals surface area contributed by atoms with Gasteiger partial charge in [-0.2, -0.15) is 0 Å². The molecular formula is C17H21ClN4O2S. The molecule has 0 aliphatic rings. The minimum atomic E-state index is -0.383. The fourth-order valence-electron chi connectivity index (χ4n) is 2.25. The molecule has 0 aliphatic heterocycles. The minimum Gasteiger partial charge on any atom is -0.493 e. The molecule has 6 nitrogen and oxygen atoms in total. The van der Waals surface area contributed by atoms with E-state index in [-0.39, 0.29) is 11.7 Å². The summed E-state index contributed by atoms with van der Waals surface area (Å²) in [4.78, 5) is 10.9. The summed E-state index contributed by atoms with van der Waals surface area (Å²) in [7, 11) is 0. The van der Waals surface area contributed by atoms with Gasteiger partial charge >= 0.3 is 0 Å². The van der Waals surface area contributed by atoms with E-state index in [1.165, 1.54) is 11.8 Å². The number of nitrogens with two attached hydrogens (primary N) is 1. The quantitative estimate of drug-likeness (QED) is 0.389. The molecule has 1 heterocycles. The van der Waals surface area contributed by atoms with Crippen LogP contribution in [-0.2, 0) is 17.8 Å². The Hall–Kier alpha value is -1.99. The highest BCUT2D eigenvalue weighted by Gasteiger charge is 2.12. The van der Waals surface area contributed by atoms with Crippen molar-refractivity contribution in [2.45, 2.75) is 31.5 Å². The van der Waals surface area contributed by atoms with Gasteiger partial charge in [0.15, 0.2) is 5.16 Å². The Bertz CT molecular complexity index is 748. The molecule has 1 amide bonds. The predicted molar refractivity (Wildman–Crippen MR) is 100 cm³/mol. The van der Waals surface area contributed by atoms with E-state index in [1.807, 2.05) is 29.7 Å². The molecule has 2 rings (SSSR count). The third kappa shape index (κ3) is 5.79. The van der Waals surface area contributed by atoms with E-state index in [9.17, 15) is 4.79 Å². The summed E-state index contributed by atoms with van der Waals surface area (Å²) < 4.78 is 7.74. The lowest BCUT2D eigenvalue weighted by atomic mass is 10.2. The second-order valence-corrected chi connectivity index (χ2v) is 6.79. The lowest BCUT2D eigenvalue weighted by Crippen LogP contribution is -2.14. The van der Waals surface area contributed by atoms with Crippen LogP contribution in [0, 0.1) is 6.92 Å². The number of rotatable bonds is 10. The number of primary amides is 1. The Morgan fingerprint density at radius 2 is 2.28 bits per heavy atom. The van der Waals surface area contributed by atoms with Crippen LogP contribution in [0.4, 0.5) is 0 Å². The number of aryl methyl sites for hydroxylation is 2. The second kappa shape index (κ2) is 9.48. The molecular weight excluding hydrogens is 360 g/mol. The molecule has 0 unspecified atom stereocenters. The van der Waals surface area contributed by atoms with Gasteiger partial charge in [0.2, 0.25) is 5.91 Å². The molecule has 0 spiro atoms. The van der Waals surface area contributed by atoms with Crippen molar-refractivity contribution in [3.8, 4) is 5.75 Å². The highest BCUT2D eigenvalue weighted by Crippen LogP contribution is 2.22. The van der Waals surface area contributed by atoms with Gasteiger partial charge in [-0.05, 0) is 37.1 Å². The number of nitrogens with zero attached hydrogens (tertiary/aromatic N) is 3. The Morgan fingerprint density at radius 1 is 1.48 bits per heavy atom. The van der Waals surface area contributed by atoms with Gasteiger partial charge in [-0.15, -0.1) is 16.8 Å². The van der Waals surface area contributed by atoms with E-state index in [1.54, 1.807) is 6.08 Å². The zero-order chi connectivity index (χ0) is 18.2. The number of benzene rings is 1. The predicted octanol–water partition coefficient (Wildman–Crippen LogP) is 3.01. The van der Waals surface area contributed by atoms with Gasteiger partial charge in [0, 0.05) is 18.0 Å². The third-order valence-electron chi connectivity index (χ3n) is 3.39. The van der Waals surface area contributed by atoms with Crippen LogP contribution < -0.4 is 10.5 Å². The summed E-state index contributed by atoms with van der Waals surface area (Å²) in [6, 6.07) is 5.56. The van der Waals surface area contributed by atoms with Crippen LogP contribution in [0.15, 0.2) is 36.0 Å². The van der Waals surface area contributed by atoms with Crippen LogP contribution in [-0.4, -0.2) is 33.0 Å². The number of allylic oxidation sites excluding steroid dienone is 1. The molecule has 0 bridgehead atoms. The summed E-state index contributed by atoms with van der Waals surface area (Å²) in [5, 5.41) is 9.71. The molecule has 1 aromatic heterocycles. The van der Waals surface area contributed by atoms with Gasteiger partial charge in [-0.25, -0.2) is 0 Å². The average molecular weight is 381 g/mol. The maximum absolute atomic E-state index is 10.9. The van der Waals surface area contributed by atoms with Crippen LogP contribution >= 0.6 is 23.4 Å². The second-order valence-electron chi connectivity index (χ2n) is 5.41. The molecule has 25 heavy (non-hydrogen) atoms. The Kier molecular flexibility index (Phi) is 7.33. The van der Waals surface area contributed by atoms with Crippen molar-refractivity contribution < 1.29 is 9.53 Å². The number of hydrogen-bond donors (Lipinski definition) is 1. The zero-order valence-corrected chi connectivity index (χ0v) is 15.6. The summed E-state index contributed by atoms with van der Waals surface area (Å²) in [6.45, 7) is 6.86. The first-order valence-electron chi connectivity index (χ1n) is 7.84. The molecule has 0 saturated heterocycles. The lowest BCUT2D eigenvalue weighted by molar-refractivity contribution is -0.115. The Labute approximate surface area is 156 Å². The molecule has 2 N–H and O–H groups in total.